The van der Waals surface area contributed by atoms with E-state index in [1.165, 1.54) is 31.2 Å². The maximum atomic E-state index is 15.1. The van der Waals surface area contributed by atoms with E-state index in [-0.39, 0.29) is 16.8 Å². The van der Waals surface area contributed by atoms with Crippen molar-refractivity contribution in [1.29, 1.82) is 4.78 Å². The number of rotatable bonds is 7. The highest BCUT2D eigenvalue weighted by atomic mass is 35.5. The van der Waals surface area contributed by atoms with Gasteiger partial charge in [0.25, 0.3) is 11.8 Å². The number of aromatic nitrogens is 3. The minimum absolute atomic E-state index is 0.0188. The molecule has 184 valence electrons. The molecule has 2 N–H and O–H groups in total. The van der Waals surface area contributed by atoms with Crippen LogP contribution in [0.1, 0.15) is 51.8 Å². The Morgan fingerprint density at radius 3 is 2.60 bits per heavy atom. The maximum absolute atomic E-state index is 15.1. The molecule has 1 atom stereocenters. The van der Waals surface area contributed by atoms with Crippen LogP contribution in [0.2, 0.25) is 5.02 Å². The Labute approximate surface area is 205 Å². The number of carbonyl (C=O) groups excluding carboxylic acids is 1. The number of alkyl halides is 2. The summed E-state index contributed by atoms with van der Waals surface area (Å²) in [6, 6.07) is 8.21. The number of hydrogen-bond acceptors (Lipinski definition) is 6. The van der Waals surface area contributed by atoms with E-state index in [1.807, 2.05) is 5.32 Å². The summed E-state index contributed by atoms with van der Waals surface area (Å²) < 4.78 is 66.6. The fourth-order valence-corrected chi connectivity index (χ4v) is 5.38. The zero-order valence-electron chi connectivity index (χ0n) is 18.7. The smallest absolute Gasteiger partial charge is 0.291 e. The third-order valence-electron chi connectivity index (χ3n) is 5.56. The van der Waals surface area contributed by atoms with Crippen LogP contribution in [-0.2, 0) is 15.7 Å². The molecule has 1 unspecified atom stereocenters. The van der Waals surface area contributed by atoms with Crippen LogP contribution in [0.25, 0.3) is 0 Å². The van der Waals surface area contributed by atoms with E-state index >= 15 is 4.39 Å². The molecule has 1 saturated carbocycles. The highest BCUT2D eigenvalue weighted by Crippen LogP contribution is 2.42. The number of nitrogens with one attached hydrogen (secondary N) is 2. The molecule has 1 fully saturated rings. The molecule has 0 bridgehead atoms. The maximum Gasteiger partial charge on any atom is 0.291 e. The van der Waals surface area contributed by atoms with E-state index in [9.17, 15) is 17.8 Å². The number of hydrogen-bond donors (Lipinski definition) is 2. The van der Waals surface area contributed by atoms with Crippen LogP contribution in [0.5, 0.6) is 0 Å². The Balaban J connectivity index is 1.66. The van der Waals surface area contributed by atoms with Crippen molar-refractivity contribution in [2.24, 2.45) is 0 Å². The molecule has 12 heteroatoms. The van der Waals surface area contributed by atoms with Crippen LogP contribution in [0.15, 0.2) is 46.3 Å². The predicted molar refractivity (Wildman–Crippen MR) is 123 cm³/mol. The minimum atomic E-state index is -4.19. The molecule has 0 aliphatic heterocycles. The number of nitrogens with zero attached hydrogens (tertiary/aromatic N) is 3. The first-order valence-corrected chi connectivity index (χ1v) is 12.6. The van der Waals surface area contributed by atoms with Crippen molar-refractivity contribution in [3.05, 3.63) is 75.4 Å². The van der Waals surface area contributed by atoms with Crippen LogP contribution in [-0.4, -0.2) is 31.8 Å². The average molecular weight is 524 g/mol. The van der Waals surface area contributed by atoms with Crippen molar-refractivity contribution >= 4 is 27.2 Å². The van der Waals surface area contributed by atoms with Crippen LogP contribution in [0.3, 0.4) is 0 Å². The second-order valence-electron chi connectivity index (χ2n) is 8.37. The zero-order valence-corrected chi connectivity index (χ0v) is 20.3. The van der Waals surface area contributed by atoms with Gasteiger partial charge in [0.05, 0.1) is 16.5 Å². The normalized spacial score (nSPS) is 15.5. The lowest BCUT2D eigenvalue weighted by atomic mass is 10.1. The summed E-state index contributed by atoms with van der Waals surface area (Å²) in [6.07, 6.45) is 1.55. The van der Waals surface area contributed by atoms with Gasteiger partial charge in [-0.1, -0.05) is 35.9 Å². The van der Waals surface area contributed by atoms with Gasteiger partial charge in [-0.05, 0) is 55.9 Å². The fourth-order valence-electron chi connectivity index (χ4n) is 3.59. The molecule has 0 saturated heterocycles. The lowest BCUT2D eigenvalue weighted by molar-refractivity contribution is -0.00246. The van der Waals surface area contributed by atoms with Crippen molar-refractivity contribution in [3.63, 3.8) is 0 Å². The second-order valence-corrected chi connectivity index (χ2v) is 10.7. The van der Waals surface area contributed by atoms with E-state index in [2.05, 4.69) is 15.2 Å². The average Bonchev–Trinajstić information content (AvgIpc) is 3.62. The van der Waals surface area contributed by atoms with Crippen LogP contribution < -0.4 is 5.32 Å². The molecule has 0 radical (unpaired) electrons. The van der Waals surface area contributed by atoms with Crippen molar-refractivity contribution in [3.8, 4) is 0 Å². The molecule has 1 aliphatic carbocycles. The van der Waals surface area contributed by atoms with Crippen molar-refractivity contribution < 1.29 is 22.2 Å². The summed E-state index contributed by atoms with van der Waals surface area (Å²) in [5.41, 5.74) is -0.102. The van der Waals surface area contributed by atoms with E-state index in [0.717, 1.165) is 18.9 Å². The Kier molecular flexibility index (Phi) is 6.58. The molecule has 3 aromatic rings. The summed E-state index contributed by atoms with van der Waals surface area (Å²) in [7, 11) is -4.19. The van der Waals surface area contributed by atoms with Crippen LogP contribution in [0.4, 0.5) is 13.2 Å². The fraction of sp³-hybridized carbons (Fsp3) is 0.304. The van der Waals surface area contributed by atoms with Crippen molar-refractivity contribution in [2.75, 3.05) is 6.54 Å². The monoisotopic (exact) mass is 523 g/mol. The molecular weight excluding hydrogens is 503 g/mol. The van der Waals surface area contributed by atoms with Gasteiger partial charge in [-0.3, -0.25) is 4.79 Å². The Morgan fingerprint density at radius 1 is 1.23 bits per heavy atom. The summed E-state index contributed by atoms with van der Waals surface area (Å²) >= 11 is 5.95. The highest BCUT2D eigenvalue weighted by Gasteiger charge is 2.36. The Bertz CT molecular complexity index is 1430. The highest BCUT2D eigenvalue weighted by molar-refractivity contribution is 7.92. The molecule has 1 aromatic heterocycles. The van der Waals surface area contributed by atoms with Crippen LogP contribution in [0, 0.1) is 24.4 Å². The number of carbonyl (C=O) groups is 1. The topological polar surface area (TPSA) is 109 Å². The quantitative estimate of drug-likeness (QED) is 0.445. The lowest BCUT2D eigenvalue weighted by Gasteiger charge is -2.19. The standard InChI is InChI=1S/C23H21ClF3N5O2S/c1-12-6-9-16(17(24)10-12)23(26,27)11-29-21(33)20-22(32-31-13(2)30-20)35(28,34)18-5-3-4-15(19(18)25)14-7-8-14/h3-6,9-10,14,28H,7-8,11H2,1-2H3,(H,29,33). The van der Waals surface area contributed by atoms with Gasteiger partial charge in [0, 0.05) is 5.56 Å². The van der Waals surface area contributed by atoms with Gasteiger partial charge >= 0.3 is 0 Å². The number of halogens is 4. The van der Waals surface area contributed by atoms with Crippen LogP contribution >= 0.6 is 11.6 Å². The van der Waals surface area contributed by atoms with E-state index in [0.29, 0.717) is 11.1 Å². The first-order chi connectivity index (χ1) is 16.4. The Hall–Kier alpha value is -3.05. The molecule has 1 amide bonds. The van der Waals surface area contributed by atoms with Gasteiger partial charge in [-0.25, -0.2) is 18.4 Å². The zero-order chi connectivity index (χ0) is 25.5. The summed E-state index contributed by atoms with van der Waals surface area (Å²) in [6.45, 7) is 1.93. The second kappa shape index (κ2) is 9.19. The predicted octanol–water partition coefficient (Wildman–Crippen LogP) is 5.14. The van der Waals surface area contributed by atoms with Gasteiger partial charge in [-0.2, -0.15) is 8.78 Å². The molecule has 1 heterocycles. The third kappa shape index (κ3) is 5.01. The number of benzene rings is 2. The van der Waals surface area contributed by atoms with E-state index in [1.54, 1.807) is 13.0 Å². The van der Waals surface area contributed by atoms with Gasteiger partial charge in [0.2, 0.25) is 0 Å². The molecule has 2 aromatic carbocycles. The molecule has 35 heavy (non-hydrogen) atoms. The number of amides is 1. The van der Waals surface area contributed by atoms with E-state index < -0.39 is 55.1 Å². The van der Waals surface area contributed by atoms with Crippen molar-refractivity contribution in [2.45, 2.75) is 48.5 Å². The molecule has 0 spiro atoms. The van der Waals surface area contributed by atoms with Crippen molar-refractivity contribution in [1.82, 2.24) is 20.5 Å². The third-order valence-corrected chi connectivity index (χ3v) is 7.63. The first-order valence-electron chi connectivity index (χ1n) is 10.6. The Morgan fingerprint density at radius 2 is 1.94 bits per heavy atom. The largest absolute Gasteiger partial charge is 0.344 e. The van der Waals surface area contributed by atoms with Gasteiger partial charge < -0.3 is 5.32 Å². The summed E-state index contributed by atoms with van der Waals surface area (Å²) in [5, 5.41) is 8.53. The minimum Gasteiger partial charge on any atom is -0.344 e. The molecule has 7 nitrogen and oxygen atoms in total. The number of aryl methyl sites for hydroxylation is 2. The van der Waals surface area contributed by atoms with E-state index in [4.69, 9.17) is 16.4 Å². The SMILES string of the molecule is Cc1ccc(C(F)(F)CNC(=O)c2nc(C)nnc2S(=N)(=O)c2cccc(C3CC3)c2F)c(Cl)c1. The van der Waals surface area contributed by atoms with Gasteiger partial charge in [0.15, 0.2) is 10.7 Å². The molecule has 4 rings (SSSR count). The summed E-state index contributed by atoms with van der Waals surface area (Å²) in [5.74, 6) is -5.55. The van der Waals surface area contributed by atoms with Gasteiger partial charge in [-0.15, -0.1) is 10.2 Å². The van der Waals surface area contributed by atoms with Gasteiger partial charge in [0.1, 0.15) is 21.4 Å². The summed E-state index contributed by atoms with van der Waals surface area (Å²) in [4.78, 5) is 16.3. The molecular formula is C23H21ClF3N5O2S. The lowest BCUT2D eigenvalue weighted by Crippen LogP contribution is -2.36. The molecule has 1 aliphatic rings. The first kappa shape index (κ1) is 25.1.